The summed E-state index contributed by atoms with van der Waals surface area (Å²) in [7, 11) is -3.58. The maximum absolute atomic E-state index is 12.8. The quantitative estimate of drug-likeness (QED) is 0.673. The number of sulfonamides is 1. The van der Waals surface area contributed by atoms with Gasteiger partial charge in [-0.1, -0.05) is 35.5 Å². The predicted molar refractivity (Wildman–Crippen MR) is 101 cm³/mol. The van der Waals surface area contributed by atoms with E-state index >= 15 is 0 Å². The van der Waals surface area contributed by atoms with E-state index in [0.717, 1.165) is 18.5 Å². The molecule has 2 heterocycles. The maximum Gasteiger partial charge on any atom is 0.248 e. The summed E-state index contributed by atoms with van der Waals surface area (Å²) in [5, 5.41) is 3.75. The molecular formula is C19H25N3O4S. The van der Waals surface area contributed by atoms with Gasteiger partial charge in [0.2, 0.25) is 10.0 Å². The zero-order chi connectivity index (χ0) is 19.4. The topological polar surface area (TPSA) is 83.7 Å². The number of Topliss-reactive ketones (excluding diaryl/α,β-unsaturated/α-hetero) is 1. The van der Waals surface area contributed by atoms with Gasteiger partial charge in [0, 0.05) is 38.2 Å². The number of hydrogen-bond donors (Lipinski definition) is 0. The molecule has 27 heavy (non-hydrogen) atoms. The van der Waals surface area contributed by atoms with Gasteiger partial charge >= 0.3 is 0 Å². The Kier molecular flexibility index (Phi) is 6.08. The smallest absolute Gasteiger partial charge is 0.248 e. The van der Waals surface area contributed by atoms with Gasteiger partial charge in [-0.25, -0.2) is 8.42 Å². The molecule has 1 aromatic heterocycles. The summed E-state index contributed by atoms with van der Waals surface area (Å²) in [5.74, 6) is 0.476. The van der Waals surface area contributed by atoms with Crippen LogP contribution in [-0.2, 0) is 10.0 Å². The number of aryl methyl sites for hydroxylation is 2. The number of ketones is 1. The highest BCUT2D eigenvalue weighted by molar-refractivity contribution is 7.89. The molecule has 1 aliphatic rings. The van der Waals surface area contributed by atoms with Gasteiger partial charge in [-0.3, -0.25) is 4.79 Å². The molecule has 1 saturated heterocycles. The molecule has 2 aromatic rings. The second-order valence-electron chi connectivity index (χ2n) is 6.79. The first kappa shape index (κ1) is 19.7. The Morgan fingerprint density at radius 1 is 1.11 bits per heavy atom. The zero-order valence-electron chi connectivity index (χ0n) is 15.7. The van der Waals surface area contributed by atoms with E-state index in [9.17, 15) is 13.2 Å². The molecule has 7 nitrogen and oxygen atoms in total. The van der Waals surface area contributed by atoms with E-state index < -0.39 is 10.0 Å². The van der Waals surface area contributed by atoms with Gasteiger partial charge in [-0.05, 0) is 26.8 Å². The third-order valence-electron chi connectivity index (χ3n) is 4.87. The Bertz CT molecular complexity index is 865. The second-order valence-corrected chi connectivity index (χ2v) is 8.67. The van der Waals surface area contributed by atoms with Crippen LogP contribution in [-0.4, -0.2) is 61.3 Å². The van der Waals surface area contributed by atoms with Gasteiger partial charge in [0.15, 0.2) is 11.5 Å². The first-order valence-corrected chi connectivity index (χ1v) is 10.6. The maximum atomic E-state index is 12.8. The summed E-state index contributed by atoms with van der Waals surface area (Å²) in [6.07, 6.45) is 1.27. The molecule has 0 aliphatic carbocycles. The molecule has 0 radical (unpaired) electrons. The number of benzene rings is 1. The van der Waals surface area contributed by atoms with Crippen molar-refractivity contribution in [3.05, 3.63) is 47.3 Å². The van der Waals surface area contributed by atoms with Crippen molar-refractivity contribution in [2.75, 3.05) is 32.7 Å². The molecule has 1 aromatic carbocycles. The molecule has 3 rings (SSSR count). The molecule has 0 saturated carbocycles. The van der Waals surface area contributed by atoms with E-state index in [2.05, 4.69) is 10.1 Å². The molecule has 0 atom stereocenters. The number of carbonyl (C=O) groups is 1. The highest BCUT2D eigenvalue weighted by Crippen LogP contribution is 2.24. The third kappa shape index (κ3) is 4.45. The molecule has 0 N–H and O–H groups in total. The van der Waals surface area contributed by atoms with Crippen LogP contribution in [0, 0.1) is 13.8 Å². The Balaban J connectivity index is 1.49. The fraction of sp³-hybridized carbons (Fsp3) is 0.474. The number of carbonyl (C=O) groups excluding carboxylic acids is 1. The molecule has 1 fully saturated rings. The van der Waals surface area contributed by atoms with Crippen molar-refractivity contribution in [2.45, 2.75) is 31.6 Å². The van der Waals surface area contributed by atoms with Gasteiger partial charge in [-0.15, -0.1) is 0 Å². The molecule has 0 unspecified atom stereocenters. The molecular weight excluding hydrogens is 366 g/mol. The number of piperazine rings is 1. The average Bonchev–Trinajstić information content (AvgIpc) is 3.02. The summed E-state index contributed by atoms with van der Waals surface area (Å²) in [6.45, 7) is 6.22. The number of nitrogens with zero attached hydrogens (tertiary/aromatic N) is 3. The Labute approximate surface area is 160 Å². The van der Waals surface area contributed by atoms with Crippen LogP contribution >= 0.6 is 0 Å². The van der Waals surface area contributed by atoms with E-state index in [4.69, 9.17) is 4.52 Å². The van der Waals surface area contributed by atoms with Crippen LogP contribution in [0.25, 0.3) is 0 Å². The fourth-order valence-corrected chi connectivity index (χ4v) is 5.11. The molecule has 146 valence electrons. The van der Waals surface area contributed by atoms with E-state index in [0.29, 0.717) is 44.1 Å². The second kappa shape index (κ2) is 8.33. The first-order chi connectivity index (χ1) is 12.9. The number of rotatable bonds is 7. The predicted octanol–water partition coefficient (Wildman–Crippen LogP) is 2.26. The molecule has 0 amide bonds. The van der Waals surface area contributed by atoms with Crippen molar-refractivity contribution >= 4 is 15.8 Å². The van der Waals surface area contributed by atoms with Crippen LogP contribution in [0.5, 0.6) is 0 Å². The lowest BCUT2D eigenvalue weighted by Crippen LogP contribution is -2.48. The minimum Gasteiger partial charge on any atom is -0.360 e. The SMILES string of the molecule is Cc1noc(C)c1S(=O)(=O)N1CCN(CCCC(=O)c2ccccc2)CC1. The summed E-state index contributed by atoms with van der Waals surface area (Å²) < 4.78 is 32.1. The average molecular weight is 391 g/mol. The van der Waals surface area contributed by atoms with Crippen molar-refractivity contribution in [3.8, 4) is 0 Å². The van der Waals surface area contributed by atoms with Crippen LogP contribution in [0.1, 0.15) is 34.7 Å². The number of aromatic nitrogens is 1. The minimum atomic E-state index is -3.58. The van der Waals surface area contributed by atoms with Crippen molar-refractivity contribution < 1.29 is 17.7 Å². The molecule has 1 aliphatic heterocycles. The van der Waals surface area contributed by atoms with Crippen molar-refractivity contribution in [1.82, 2.24) is 14.4 Å². The standard InChI is InChI=1S/C19H25N3O4S/c1-15-19(16(2)26-20-15)27(24,25)22-13-11-21(12-14-22)10-6-9-18(23)17-7-4-3-5-8-17/h3-5,7-8H,6,9-14H2,1-2H3. The zero-order valence-corrected chi connectivity index (χ0v) is 16.5. The van der Waals surface area contributed by atoms with Gasteiger partial charge in [-0.2, -0.15) is 4.31 Å². The lowest BCUT2D eigenvalue weighted by atomic mass is 10.1. The normalized spacial score (nSPS) is 16.5. The highest BCUT2D eigenvalue weighted by atomic mass is 32.2. The largest absolute Gasteiger partial charge is 0.360 e. The van der Waals surface area contributed by atoms with E-state index in [-0.39, 0.29) is 10.7 Å². The minimum absolute atomic E-state index is 0.148. The van der Waals surface area contributed by atoms with Crippen LogP contribution in [0.4, 0.5) is 0 Å². The lowest BCUT2D eigenvalue weighted by molar-refractivity contribution is 0.0971. The Morgan fingerprint density at radius 2 is 1.78 bits per heavy atom. The molecule has 0 bridgehead atoms. The third-order valence-corrected chi connectivity index (χ3v) is 7.01. The van der Waals surface area contributed by atoms with Gasteiger partial charge in [0.1, 0.15) is 10.6 Å². The fourth-order valence-electron chi connectivity index (χ4n) is 3.40. The van der Waals surface area contributed by atoms with Gasteiger partial charge in [0.05, 0.1) is 0 Å². The van der Waals surface area contributed by atoms with Crippen molar-refractivity contribution in [2.24, 2.45) is 0 Å². The van der Waals surface area contributed by atoms with E-state index in [1.165, 1.54) is 4.31 Å². The van der Waals surface area contributed by atoms with Crippen LogP contribution < -0.4 is 0 Å². The van der Waals surface area contributed by atoms with Crippen LogP contribution in [0.2, 0.25) is 0 Å². The molecule has 8 heteroatoms. The highest BCUT2D eigenvalue weighted by Gasteiger charge is 2.33. The number of hydrogen-bond acceptors (Lipinski definition) is 6. The van der Waals surface area contributed by atoms with E-state index in [1.54, 1.807) is 13.8 Å². The Morgan fingerprint density at radius 3 is 2.37 bits per heavy atom. The monoisotopic (exact) mass is 391 g/mol. The van der Waals surface area contributed by atoms with Crippen LogP contribution in [0.15, 0.2) is 39.8 Å². The van der Waals surface area contributed by atoms with Crippen molar-refractivity contribution in [3.63, 3.8) is 0 Å². The lowest BCUT2D eigenvalue weighted by Gasteiger charge is -2.33. The summed E-state index contributed by atoms with van der Waals surface area (Å²) in [5.41, 5.74) is 1.14. The molecule has 0 spiro atoms. The first-order valence-electron chi connectivity index (χ1n) is 9.13. The van der Waals surface area contributed by atoms with Crippen molar-refractivity contribution in [1.29, 1.82) is 0 Å². The summed E-state index contributed by atoms with van der Waals surface area (Å²) in [4.78, 5) is 14.5. The van der Waals surface area contributed by atoms with Crippen LogP contribution in [0.3, 0.4) is 0 Å². The van der Waals surface area contributed by atoms with E-state index in [1.807, 2.05) is 30.3 Å². The summed E-state index contributed by atoms with van der Waals surface area (Å²) in [6, 6.07) is 9.30. The Hall–Kier alpha value is -2.03. The van der Waals surface area contributed by atoms with Gasteiger partial charge in [0.25, 0.3) is 0 Å². The summed E-state index contributed by atoms with van der Waals surface area (Å²) >= 11 is 0. The van der Waals surface area contributed by atoms with Gasteiger partial charge < -0.3 is 9.42 Å².